The molecule has 0 bridgehead atoms. The van der Waals surface area contributed by atoms with E-state index in [0.29, 0.717) is 41.1 Å². The van der Waals surface area contributed by atoms with E-state index in [4.69, 9.17) is 0 Å². The second kappa shape index (κ2) is 30.7. The first kappa shape index (κ1) is 82.2. The van der Waals surface area contributed by atoms with Crippen molar-refractivity contribution < 1.29 is 0 Å². The Morgan fingerprint density at radius 2 is 0.420 bits per heavy atom. The van der Waals surface area contributed by atoms with Crippen molar-refractivity contribution in [2.45, 2.75) is 117 Å². The highest BCUT2D eigenvalue weighted by atomic mass is 14.9. The van der Waals surface area contributed by atoms with Crippen LogP contribution in [0.5, 0.6) is 0 Å². The van der Waals surface area contributed by atoms with Crippen molar-refractivity contribution in [3.05, 3.63) is 415 Å². The Morgan fingerprint density at radius 3 is 0.776 bits per heavy atom. The minimum atomic E-state index is 0.348. The van der Waals surface area contributed by atoms with Gasteiger partial charge in [-0.25, -0.2) is 0 Å². The number of aromatic nitrogens is 3. The minimum absolute atomic E-state index is 0.348. The van der Waals surface area contributed by atoms with Crippen molar-refractivity contribution in [2.24, 2.45) is 0 Å². The van der Waals surface area contributed by atoms with Gasteiger partial charge in [0.1, 0.15) is 0 Å². The summed E-state index contributed by atoms with van der Waals surface area (Å²) in [4.78, 5) is 0. The first-order chi connectivity index (χ1) is 70.0. The molecule has 30 aromatic rings. The maximum absolute atomic E-state index is 9.77. The van der Waals surface area contributed by atoms with E-state index in [9.17, 15) is 5.26 Å². The molecule has 0 N–H and O–H groups in total. The van der Waals surface area contributed by atoms with Crippen molar-refractivity contribution >= 4 is 244 Å². The molecule has 4 nitrogen and oxygen atoms in total. The zero-order valence-corrected chi connectivity index (χ0v) is 81.4. The van der Waals surface area contributed by atoms with Gasteiger partial charge in [-0.2, -0.15) is 5.26 Å². The predicted molar refractivity (Wildman–Crippen MR) is 615 cm³/mol. The Bertz CT molecular complexity index is 10800. The monoisotopic (exact) mass is 1820 g/mol. The molecule has 0 aliphatic rings. The molecule has 0 spiro atoms. The van der Waals surface area contributed by atoms with Crippen LogP contribution in [0.2, 0.25) is 0 Å². The molecule has 0 saturated heterocycles. The van der Waals surface area contributed by atoms with E-state index in [1.165, 1.54) is 300 Å². The van der Waals surface area contributed by atoms with E-state index in [0.717, 1.165) is 36.5 Å². The molecule has 24 aromatic carbocycles. The zero-order chi connectivity index (χ0) is 95.1. The highest BCUT2D eigenvalue weighted by Crippen LogP contribution is 2.52. The number of benzene rings is 24. The molecule has 6 aromatic heterocycles. The van der Waals surface area contributed by atoms with Crippen LogP contribution >= 0.6 is 0 Å². The van der Waals surface area contributed by atoms with Crippen LogP contribution in [-0.4, -0.2) is 13.2 Å². The molecule has 4 unspecified atom stereocenters. The number of rotatable bonds is 15. The van der Waals surface area contributed by atoms with Gasteiger partial charge in [-0.1, -0.05) is 292 Å². The molecule has 4 heteroatoms. The SMILES string of the molecule is CC(C)c1ccc2cc3c(cc2c1)c1cc(-c2ccc4cc(C#N)ccc4c2)cc2c4cc5cc(C(C)CCC(C)c6ccc7cc8c(cc7c6)c6cc(-c7ccc9c(ccc%10ccccc%109)c7)cc7c9cc%10cc(C(C)CCC(C)c%11ccc%12cc%13c(cc%12c%11)c%11cc(-c%12ccc%14c%15ccccc%15c%15ccccc%15c%14c%12)cc%12c%14cc%15cc(C(C)C)ccc%15cc%14n%13c%12%11)ccc%10cc9n8c67)ccc5cc4n3c12. The van der Waals surface area contributed by atoms with Crippen molar-refractivity contribution in [1.82, 2.24) is 13.2 Å². The van der Waals surface area contributed by atoms with Crippen LogP contribution in [0.4, 0.5) is 0 Å². The first-order valence-electron chi connectivity index (χ1n) is 51.6. The lowest BCUT2D eigenvalue weighted by Crippen LogP contribution is -1.99. The maximum Gasteiger partial charge on any atom is 0.0991 e. The highest BCUT2D eigenvalue weighted by Gasteiger charge is 2.29. The molecule has 0 aliphatic carbocycles. The summed E-state index contributed by atoms with van der Waals surface area (Å²) in [6.07, 6.45) is 4.28. The van der Waals surface area contributed by atoms with Crippen molar-refractivity contribution in [1.29, 1.82) is 5.26 Å². The normalized spacial score (nSPS) is 13.6. The van der Waals surface area contributed by atoms with E-state index in [1.807, 2.05) is 12.1 Å². The predicted octanol–water partition coefficient (Wildman–Crippen LogP) is 39.5. The number of hydrogen-bond donors (Lipinski definition) is 0. The van der Waals surface area contributed by atoms with E-state index in [-0.39, 0.29) is 0 Å². The van der Waals surface area contributed by atoms with Crippen LogP contribution in [0.1, 0.15) is 156 Å². The molecule has 0 amide bonds. The number of nitriles is 1. The Morgan fingerprint density at radius 1 is 0.175 bits per heavy atom. The van der Waals surface area contributed by atoms with Gasteiger partial charge in [0, 0.05) is 64.6 Å². The molecule has 143 heavy (non-hydrogen) atoms. The minimum Gasteiger partial charge on any atom is -0.308 e. The second-order valence-electron chi connectivity index (χ2n) is 43.2. The van der Waals surface area contributed by atoms with Crippen LogP contribution in [0.3, 0.4) is 0 Å². The molecular formula is C139H100N4. The standard InChI is InChI=1S/C139H100N4/c1-76(2)84-28-34-95-69-131-119(57-102(95)48-84)125-63-108(92-41-40-90-47-82(75-140)25-26-91(90)54-92)64-126-121-59-104-50-86(30-36-97(104)71-133(121)141(131)137(125)126)78(5)21-22-79(6)87-31-37-98-72-134-122(60-105(98)51-87)127-65-109(93-43-45-112-101(55-93)42-27-83-15-9-10-16-111(83)112)66-128-123-61-106-52-88(32-38-99(106)73-135(123)143(134)138(127)128)80(7)23-24-81(8)89-33-39-100-74-136-124(62-107(100)53-89)130-68-110(67-129-120-58-103-49-85(77(3)4)29-35-96(103)70-132(120)142(136)139(129)130)94-44-46-117-115-19-12-11-17-113(115)114-18-13-14-20-116(114)118(117)56-94/h9-20,25-74,76-81H,21-24H2,1-8H3. The Balaban J connectivity index is 0.465. The Labute approximate surface area is 827 Å². The summed E-state index contributed by atoms with van der Waals surface area (Å²) in [7, 11) is 0. The largest absolute Gasteiger partial charge is 0.308 e. The Hall–Kier alpha value is -16.7. The fraction of sp³-hybridized carbons (Fsp3) is 0.129. The van der Waals surface area contributed by atoms with Crippen LogP contribution < -0.4 is 0 Å². The number of fused-ring (bicyclic) bond motifs is 34. The smallest absolute Gasteiger partial charge is 0.0991 e. The number of nitrogens with zero attached hydrogens (tertiary/aromatic N) is 4. The van der Waals surface area contributed by atoms with Gasteiger partial charge in [0.15, 0.2) is 0 Å². The fourth-order valence-electron chi connectivity index (χ4n) is 26.1. The van der Waals surface area contributed by atoms with Gasteiger partial charge < -0.3 is 13.2 Å². The van der Waals surface area contributed by atoms with Crippen LogP contribution in [0.25, 0.3) is 277 Å². The van der Waals surface area contributed by atoms with E-state index in [1.54, 1.807) is 0 Å². The van der Waals surface area contributed by atoms with Crippen LogP contribution in [0.15, 0.2) is 376 Å². The molecule has 0 radical (unpaired) electrons. The van der Waals surface area contributed by atoms with Gasteiger partial charge in [0.25, 0.3) is 0 Å². The van der Waals surface area contributed by atoms with Gasteiger partial charge in [-0.3, -0.25) is 0 Å². The van der Waals surface area contributed by atoms with Crippen molar-refractivity contribution in [3.8, 4) is 39.4 Å². The third-order valence-corrected chi connectivity index (χ3v) is 34.2. The van der Waals surface area contributed by atoms with Gasteiger partial charge in [-0.05, 0) is 397 Å². The third-order valence-electron chi connectivity index (χ3n) is 34.2. The van der Waals surface area contributed by atoms with Gasteiger partial charge in [-0.15, -0.1) is 0 Å². The molecule has 6 heterocycles. The molecule has 0 fully saturated rings. The molecule has 4 atom stereocenters. The number of hydrogen-bond acceptors (Lipinski definition) is 1. The maximum atomic E-state index is 9.77. The van der Waals surface area contributed by atoms with Gasteiger partial charge >= 0.3 is 0 Å². The summed E-state index contributed by atoms with van der Waals surface area (Å²) >= 11 is 0. The lowest BCUT2D eigenvalue weighted by molar-refractivity contribution is 0.574. The van der Waals surface area contributed by atoms with Gasteiger partial charge in [0.05, 0.1) is 61.3 Å². The summed E-state index contributed by atoms with van der Waals surface area (Å²) in [5.41, 5.74) is 27.6. The first-order valence-corrected chi connectivity index (χ1v) is 51.6. The summed E-state index contributed by atoms with van der Waals surface area (Å²) in [5, 5.41) is 55.6. The quantitative estimate of drug-likeness (QED) is 0.0943. The summed E-state index contributed by atoms with van der Waals surface area (Å²) in [5.74, 6) is 2.28. The molecule has 30 rings (SSSR count). The fourth-order valence-corrected chi connectivity index (χ4v) is 26.1. The molecule has 676 valence electrons. The molecular weight excluding hydrogens is 1730 g/mol. The average molecular weight is 1830 g/mol. The zero-order valence-electron chi connectivity index (χ0n) is 81.4. The van der Waals surface area contributed by atoms with Crippen LogP contribution in [-0.2, 0) is 0 Å². The van der Waals surface area contributed by atoms with Crippen molar-refractivity contribution in [3.63, 3.8) is 0 Å². The Kier molecular flexibility index (Phi) is 17.6. The van der Waals surface area contributed by atoms with Crippen molar-refractivity contribution in [2.75, 3.05) is 0 Å². The van der Waals surface area contributed by atoms with Crippen LogP contribution in [0, 0.1) is 11.3 Å². The summed E-state index contributed by atoms with van der Waals surface area (Å²) in [6.45, 7) is 18.9. The highest BCUT2D eigenvalue weighted by molar-refractivity contribution is 6.32. The summed E-state index contributed by atoms with van der Waals surface area (Å²) in [6, 6.07) is 149. The molecule has 0 aliphatic heterocycles. The van der Waals surface area contributed by atoms with E-state index >= 15 is 0 Å². The van der Waals surface area contributed by atoms with E-state index < -0.39 is 0 Å². The second-order valence-corrected chi connectivity index (χ2v) is 43.2. The van der Waals surface area contributed by atoms with E-state index in [2.05, 4.69) is 439 Å². The lowest BCUT2D eigenvalue weighted by Gasteiger charge is -2.18. The van der Waals surface area contributed by atoms with Gasteiger partial charge in [0.2, 0.25) is 0 Å². The average Bonchev–Trinajstić information content (AvgIpc) is 1.54. The molecule has 0 saturated carbocycles. The third kappa shape index (κ3) is 12.4. The summed E-state index contributed by atoms with van der Waals surface area (Å²) < 4.78 is 7.75. The lowest BCUT2D eigenvalue weighted by atomic mass is 9.87. The topological polar surface area (TPSA) is 37.0 Å².